The van der Waals surface area contributed by atoms with Crippen molar-refractivity contribution >= 4 is 16.0 Å². The summed E-state index contributed by atoms with van der Waals surface area (Å²) in [6.45, 7) is 3.40. The van der Waals surface area contributed by atoms with Crippen molar-refractivity contribution < 1.29 is 64.4 Å². The van der Waals surface area contributed by atoms with E-state index < -0.39 is 53.1 Å². The van der Waals surface area contributed by atoms with E-state index in [4.69, 9.17) is 6.85 Å². The fourth-order valence-electron chi connectivity index (χ4n) is 9.40. The molecular weight excluding hydrogens is 501 g/mol. The quantitative estimate of drug-likeness (QED) is 0.299. The van der Waals surface area contributed by atoms with Crippen molar-refractivity contribution in [2.45, 2.75) is 104 Å². The van der Waals surface area contributed by atoms with Gasteiger partial charge in [0, 0.05) is 19.8 Å². The van der Waals surface area contributed by atoms with Gasteiger partial charge in [-0.3, -0.25) is 4.79 Å². The van der Waals surface area contributed by atoms with Gasteiger partial charge in [-0.1, -0.05) is 34.0 Å². The minimum atomic E-state index is -4.39. The first kappa shape index (κ1) is 25.0. The molecule has 0 heterocycles. The van der Waals surface area contributed by atoms with Crippen LogP contribution in [0.15, 0.2) is 0 Å². The Bertz CT molecular complexity index is 1100. The van der Waals surface area contributed by atoms with Crippen LogP contribution in [0.3, 0.4) is 0 Å². The second kappa shape index (κ2) is 12.0. The monoisotopic (exact) mass is 554 g/mol. The van der Waals surface area contributed by atoms with E-state index in [0.29, 0.717) is 25.7 Å². The number of carbonyl (C=O) groups is 1. The molecule has 0 radical (unpaired) electrons. The molecule has 0 bridgehead atoms. The van der Waals surface area contributed by atoms with Crippen molar-refractivity contribution in [3.8, 4) is 0 Å². The van der Waals surface area contributed by atoms with E-state index in [2.05, 4.69) is 26.1 Å². The first-order valence-corrected chi connectivity index (χ1v) is 15.4. The van der Waals surface area contributed by atoms with Crippen molar-refractivity contribution in [1.29, 1.82) is 0 Å². The van der Waals surface area contributed by atoms with Gasteiger partial charge in [-0.15, -0.1) is 0 Å². The van der Waals surface area contributed by atoms with Gasteiger partial charge in [0.05, 0.1) is 28.1 Å². The molecule has 9 heteroatoms. The fourth-order valence-corrected chi connectivity index (χ4v) is 9.76. The summed E-state index contributed by atoms with van der Waals surface area (Å²) in [5, 5.41) is 25.1. The molecule has 0 spiro atoms. The second-order valence-electron chi connectivity index (χ2n) is 12.8. The first-order chi connectivity index (χ1) is 18.7. The van der Waals surface area contributed by atoms with Gasteiger partial charge in [-0.25, -0.2) is 8.42 Å². The zero-order valence-corrected chi connectivity index (χ0v) is 25.7. The molecule has 208 valence electrons. The summed E-state index contributed by atoms with van der Waals surface area (Å²) in [4.78, 5) is 12.3. The van der Waals surface area contributed by atoms with Crippen LogP contribution >= 0.6 is 0 Å². The number of hydrogen-bond donors (Lipinski definition) is 3. The van der Waals surface area contributed by atoms with Crippen LogP contribution in [0.25, 0.3) is 0 Å². The summed E-state index contributed by atoms with van der Waals surface area (Å²) in [6, 6.07) is 0. The topological polar surface area (TPSA) is 127 Å². The van der Waals surface area contributed by atoms with Crippen LogP contribution in [0.2, 0.25) is 0 Å². The van der Waals surface area contributed by atoms with Crippen molar-refractivity contribution in [2.75, 3.05) is 12.3 Å². The predicted octanol–water partition coefficient (Wildman–Crippen LogP) is 0.695. The summed E-state index contributed by atoms with van der Waals surface area (Å²) in [5.74, 6) is -2.03. The van der Waals surface area contributed by atoms with Crippen LogP contribution in [0.4, 0.5) is 0 Å². The minimum Gasteiger partial charge on any atom is -0.748 e. The van der Waals surface area contributed by atoms with Crippen molar-refractivity contribution in [3.63, 3.8) is 0 Å². The zero-order valence-electron chi connectivity index (χ0n) is 27.9. The van der Waals surface area contributed by atoms with E-state index in [1.807, 2.05) is 0 Å². The molecular formula is C28H48NNaO6S. The van der Waals surface area contributed by atoms with Crippen LogP contribution in [0.5, 0.6) is 0 Å². The number of amides is 1. The predicted molar refractivity (Wildman–Crippen MR) is 138 cm³/mol. The molecule has 1 amide bonds. The molecule has 2 unspecified atom stereocenters. The minimum absolute atomic E-state index is 0. The van der Waals surface area contributed by atoms with Crippen LogP contribution in [0.1, 0.15) is 98.6 Å². The van der Waals surface area contributed by atoms with Crippen molar-refractivity contribution in [2.24, 2.45) is 52.3 Å². The summed E-state index contributed by atoms with van der Waals surface area (Å²) in [7, 11) is -4.39. The van der Waals surface area contributed by atoms with Crippen LogP contribution < -0.4 is 34.9 Å². The third-order valence-corrected chi connectivity index (χ3v) is 11.9. The van der Waals surface area contributed by atoms with Gasteiger partial charge in [0.1, 0.15) is 0 Å². The Hall–Kier alpha value is 0.300. The fraction of sp³-hybridized carbons (Fsp3) is 0.964. The molecule has 4 fully saturated rings. The molecule has 0 aromatic heterocycles. The van der Waals surface area contributed by atoms with Crippen LogP contribution in [-0.4, -0.2) is 53.6 Å². The van der Waals surface area contributed by atoms with E-state index in [9.17, 15) is 28.0 Å². The summed E-state index contributed by atoms with van der Waals surface area (Å²) >= 11 is 0. The summed E-state index contributed by atoms with van der Waals surface area (Å²) in [6.07, 6.45) is 1.61. The second-order valence-corrected chi connectivity index (χ2v) is 14.4. The van der Waals surface area contributed by atoms with Gasteiger partial charge in [-0.05, 0) is 104 Å². The average Bonchev–Trinajstić information content (AvgIpc) is 3.19. The molecule has 0 aromatic rings. The van der Waals surface area contributed by atoms with E-state index >= 15 is 0 Å². The third kappa shape index (κ3) is 6.15. The summed E-state index contributed by atoms with van der Waals surface area (Å²) in [5.41, 5.74) is -0.517. The molecule has 0 aliphatic heterocycles. The largest absolute Gasteiger partial charge is 1.00 e. The normalized spacial score (nSPS) is 46.8. The van der Waals surface area contributed by atoms with Gasteiger partial charge in [0.25, 0.3) is 0 Å². The number of aliphatic hydroxyl groups excluding tert-OH is 2. The number of carbonyl (C=O) groups excluding carboxylic acids is 1. The Morgan fingerprint density at radius 2 is 1.81 bits per heavy atom. The Balaban J connectivity index is 0.00000484. The van der Waals surface area contributed by atoms with Crippen LogP contribution in [0, 0.1) is 52.3 Å². The number of hydrogen-bond acceptors (Lipinski definition) is 6. The standard InChI is InChI=1S/C28H49NO6S.Na/c1-5-19-23-16-18(30)10-12-28(23,4)22-11-13-27(3)20(7-8-21(27)25(22)26(19)32)17(2)6-9-24(31)29-14-15-36(33,34)35;/h17-23,25-26,30,32H,5-16H2,1-4H3,(H,29,31)(H,33,34,35);/q;+1/p-1/t17-,18?,19-,20-,21+,22+,23+,25?,26-,27-,28-;/m1./s1/i1D3,5D2;. The molecule has 4 rings (SSSR count). The first-order valence-electron chi connectivity index (χ1n) is 16.3. The molecule has 0 saturated heterocycles. The smallest absolute Gasteiger partial charge is 0.748 e. The van der Waals surface area contributed by atoms with Crippen molar-refractivity contribution in [1.82, 2.24) is 5.32 Å². The molecule has 3 N–H and O–H groups in total. The molecule has 37 heavy (non-hydrogen) atoms. The maximum absolute atomic E-state index is 12.3. The van der Waals surface area contributed by atoms with Gasteiger partial charge >= 0.3 is 29.6 Å². The number of aliphatic hydroxyl groups is 2. The Morgan fingerprint density at radius 3 is 2.49 bits per heavy atom. The molecule has 4 saturated carbocycles. The number of fused-ring (bicyclic) bond motifs is 5. The molecule has 0 aromatic carbocycles. The maximum Gasteiger partial charge on any atom is 1.00 e. The zero-order chi connectivity index (χ0) is 30.8. The molecule has 4 aliphatic rings. The third-order valence-electron chi connectivity index (χ3n) is 11.2. The van der Waals surface area contributed by atoms with Gasteiger partial charge in [0.15, 0.2) is 0 Å². The molecule has 11 atom stereocenters. The Kier molecular flexibility index (Phi) is 8.15. The molecule has 4 aliphatic carbocycles. The average molecular weight is 555 g/mol. The number of rotatable bonds is 8. The summed E-state index contributed by atoms with van der Waals surface area (Å²) < 4.78 is 74.1. The van der Waals surface area contributed by atoms with Gasteiger partial charge in [-0.2, -0.15) is 0 Å². The van der Waals surface area contributed by atoms with Crippen molar-refractivity contribution in [3.05, 3.63) is 0 Å². The maximum atomic E-state index is 12.3. The van der Waals surface area contributed by atoms with E-state index in [1.165, 1.54) is 0 Å². The Morgan fingerprint density at radius 1 is 1.14 bits per heavy atom. The van der Waals surface area contributed by atoms with Gasteiger partial charge in [0.2, 0.25) is 5.91 Å². The van der Waals surface area contributed by atoms with E-state index in [1.54, 1.807) is 0 Å². The van der Waals surface area contributed by atoms with Gasteiger partial charge < -0.3 is 20.1 Å². The SMILES string of the molecule is [2H]C([2H])([2H])C([2H])([2H])[C@H]1[C@@H](O)C2[C@@H]3CC[C@H]([C@H](C)CCC(=O)NCCS(=O)(=O)[O-])[C@@]3(C)CC[C@@H]2[C@@]2(C)CCC(O)C[C@@H]12.[Na+]. The van der Waals surface area contributed by atoms with E-state index in [-0.39, 0.29) is 88.8 Å². The number of nitrogens with one attached hydrogen (secondary N) is 1. The van der Waals surface area contributed by atoms with E-state index in [0.717, 1.165) is 25.7 Å². The van der Waals surface area contributed by atoms with Crippen LogP contribution in [-0.2, 0) is 14.9 Å². The molecule has 7 nitrogen and oxygen atoms in total. The Labute approximate surface area is 253 Å².